The van der Waals surface area contributed by atoms with Crippen molar-refractivity contribution in [3.8, 4) is 0 Å². The van der Waals surface area contributed by atoms with Crippen LogP contribution >= 0.6 is 0 Å². The first kappa shape index (κ1) is 8.11. The van der Waals surface area contributed by atoms with Gasteiger partial charge in [-0.15, -0.1) is 0 Å². The van der Waals surface area contributed by atoms with E-state index in [9.17, 15) is 0 Å². The van der Waals surface area contributed by atoms with Gasteiger partial charge in [0, 0.05) is 12.2 Å². The van der Waals surface area contributed by atoms with Crippen molar-refractivity contribution in [2.75, 3.05) is 11.9 Å². The maximum Gasteiger partial charge on any atom is 0.0416 e. The molecule has 1 aromatic carbocycles. The van der Waals surface area contributed by atoms with E-state index in [1.807, 2.05) is 13.0 Å². The molecule has 66 valence electrons. The molecule has 1 heterocycles. The lowest BCUT2D eigenvalue weighted by molar-refractivity contribution is 1.20. The van der Waals surface area contributed by atoms with Crippen LogP contribution in [0.1, 0.15) is 12.5 Å². The standard InChI is InChI=1S/C12H13N/c1-9(2)11-7-10-5-3-4-6-12(10)13-8-11/h3-7,13H,1,8H2,2H3. The Kier molecular flexibility index (Phi) is 1.93. The molecule has 0 saturated carbocycles. The summed E-state index contributed by atoms with van der Waals surface area (Å²) in [5.41, 5.74) is 4.90. The summed E-state index contributed by atoms with van der Waals surface area (Å²) >= 11 is 0. The lowest BCUT2D eigenvalue weighted by atomic mass is 10.0. The summed E-state index contributed by atoms with van der Waals surface area (Å²) in [6, 6.07) is 8.31. The van der Waals surface area contributed by atoms with Crippen LogP contribution in [0.2, 0.25) is 0 Å². The quantitative estimate of drug-likeness (QED) is 0.684. The average Bonchev–Trinajstić information content (AvgIpc) is 2.17. The molecule has 2 rings (SSSR count). The summed E-state index contributed by atoms with van der Waals surface area (Å²) in [4.78, 5) is 0. The van der Waals surface area contributed by atoms with Crippen molar-refractivity contribution < 1.29 is 0 Å². The molecule has 0 unspecified atom stereocenters. The van der Waals surface area contributed by atoms with Crippen LogP contribution < -0.4 is 5.32 Å². The summed E-state index contributed by atoms with van der Waals surface area (Å²) in [7, 11) is 0. The molecule has 0 fully saturated rings. The highest BCUT2D eigenvalue weighted by Crippen LogP contribution is 2.25. The maximum absolute atomic E-state index is 3.94. The number of para-hydroxylation sites is 1. The minimum atomic E-state index is 0.895. The molecule has 0 bridgehead atoms. The Morgan fingerprint density at radius 1 is 1.38 bits per heavy atom. The molecule has 1 aliphatic rings. The fourth-order valence-electron chi connectivity index (χ4n) is 1.49. The summed E-state index contributed by atoms with van der Waals surface area (Å²) in [5.74, 6) is 0. The van der Waals surface area contributed by atoms with Gasteiger partial charge in [-0.1, -0.05) is 30.4 Å². The summed E-state index contributed by atoms with van der Waals surface area (Å²) in [6.45, 7) is 6.88. The number of anilines is 1. The van der Waals surface area contributed by atoms with Crippen LogP contribution in [0.4, 0.5) is 5.69 Å². The fraction of sp³-hybridized carbons (Fsp3) is 0.167. The van der Waals surface area contributed by atoms with Crippen LogP contribution in [0, 0.1) is 0 Å². The van der Waals surface area contributed by atoms with Gasteiger partial charge >= 0.3 is 0 Å². The number of fused-ring (bicyclic) bond motifs is 1. The third-order valence-electron chi connectivity index (χ3n) is 2.31. The smallest absolute Gasteiger partial charge is 0.0416 e. The molecule has 1 heteroatoms. The fourth-order valence-corrected chi connectivity index (χ4v) is 1.49. The minimum absolute atomic E-state index is 0.895. The van der Waals surface area contributed by atoms with Crippen LogP contribution in [0.25, 0.3) is 6.08 Å². The number of nitrogens with one attached hydrogen (secondary N) is 1. The zero-order valence-corrected chi connectivity index (χ0v) is 7.80. The molecular formula is C12H13N. The molecule has 1 nitrogen and oxygen atoms in total. The molecule has 1 aliphatic heterocycles. The van der Waals surface area contributed by atoms with Crippen molar-refractivity contribution in [2.45, 2.75) is 6.92 Å². The monoisotopic (exact) mass is 171 g/mol. The highest BCUT2D eigenvalue weighted by atomic mass is 14.9. The van der Waals surface area contributed by atoms with E-state index in [0.717, 1.165) is 12.1 Å². The van der Waals surface area contributed by atoms with E-state index in [2.05, 4.69) is 36.2 Å². The lowest BCUT2D eigenvalue weighted by Gasteiger charge is -2.18. The Bertz CT molecular complexity index is 374. The summed E-state index contributed by atoms with van der Waals surface area (Å²) in [5, 5.41) is 3.36. The first-order valence-corrected chi connectivity index (χ1v) is 4.47. The van der Waals surface area contributed by atoms with Gasteiger partial charge in [-0.25, -0.2) is 0 Å². The molecule has 0 aliphatic carbocycles. The molecule has 0 aromatic heterocycles. The second-order valence-electron chi connectivity index (χ2n) is 3.39. The van der Waals surface area contributed by atoms with Crippen LogP contribution in [0.3, 0.4) is 0 Å². The molecule has 13 heavy (non-hydrogen) atoms. The Labute approximate surface area is 78.8 Å². The first-order valence-electron chi connectivity index (χ1n) is 4.47. The van der Waals surface area contributed by atoms with E-state index in [-0.39, 0.29) is 0 Å². The minimum Gasteiger partial charge on any atom is -0.380 e. The molecule has 0 saturated heterocycles. The normalized spacial score (nSPS) is 14.1. The molecule has 0 radical (unpaired) electrons. The van der Waals surface area contributed by atoms with Crippen LogP contribution in [0.15, 0.2) is 42.0 Å². The van der Waals surface area contributed by atoms with E-state index in [4.69, 9.17) is 0 Å². The van der Waals surface area contributed by atoms with Crippen LogP contribution in [-0.4, -0.2) is 6.54 Å². The topological polar surface area (TPSA) is 12.0 Å². The van der Waals surface area contributed by atoms with Crippen molar-refractivity contribution in [1.29, 1.82) is 0 Å². The average molecular weight is 171 g/mol. The van der Waals surface area contributed by atoms with E-state index in [0.29, 0.717) is 0 Å². The summed E-state index contributed by atoms with van der Waals surface area (Å²) in [6.07, 6.45) is 2.20. The molecular weight excluding hydrogens is 158 g/mol. The first-order chi connectivity index (χ1) is 6.27. The largest absolute Gasteiger partial charge is 0.380 e. The van der Waals surface area contributed by atoms with Gasteiger partial charge in [0.15, 0.2) is 0 Å². The number of rotatable bonds is 1. The van der Waals surface area contributed by atoms with Gasteiger partial charge in [0.1, 0.15) is 0 Å². The Hall–Kier alpha value is -1.50. The number of hydrogen-bond acceptors (Lipinski definition) is 1. The Morgan fingerprint density at radius 2 is 2.15 bits per heavy atom. The van der Waals surface area contributed by atoms with Crippen molar-refractivity contribution in [3.05, 3.63) is 47.6 Å². The SMILES string of the molecule is C=C(C)C1=Cc2ccccc2NC1. The lowest BCUT2D eigenvalue weighted by Crippen LogP contribution is -2.10. The predicted octanol–water partition coefficient (Wildman–Crippen LogP) is 3.07. The second-order valence-corrected chi connectivity index (χ2v) is 3.39. The van der Waals surface area contributed by atoms with Crippen molar-refractivity contribution in [2.24, 2.45) is 0 Å². The number of benzene rings is 1. The third-order valence-corrected chi connectivity index (χ3v) is 2.31. The second kappa shape index (κ2) is 3.09. The van der Waals surface area contributed by atoms with E-state index in [1.54, 1.807) is 0 Å². The van der Waals surface area contributed by atoms with Gasteiger partial charge in [-0.05, 0) is 30.2 Å². The summed E-state index contributed by atoms with van der Waals surface area (Å²) < 4.78 is 0. The predicted molar refractivity (Wildman–Crippen MR) is 57.7 cm³/mol. The van der Waals surface area contributed by atoms with Gasteiger partial charge in [0.2, 0.25) is 0 Å². The zero-order valence-electron chi connectivity index (χ0n) is 7.80. The van der Waals surface area contributed by atoms with E-state index >= 15 is 0 Å². The van der Waals surface area contributed by atoms with Crippen LogP contribution in [0.5, 0.6) is 0 Å². The van der Waals surface area contributed by atoms with E-state index < -0.39 is 0 Å². The highest BCUT2D eigenvalue weighted by molar-refractivity contribution is 5.74. The van der Waals surface area contributed by atoms with Gasteiger partial charge in [0.05, 0.1) is 0 Å². The van der Waals surface area contributed by atoms with Gasteiger partial charge in [-0.2, -0.15) is 0 Å². The molecule has 0 spiro atoms. The molecule has 0 amide bonds. The molecule has 0 atom stereocenters. The van der Waals surface area contributed by atoms with Gasteiger partial charge in [0.25, 0.3) is 0 Å². The maximum atomic E-state index is 3.94. The number of hydrogen-bond donors (Lipinski definition) is 1. The van der Waals surface area contributed by atoms with Crippen molar-refractivity contribution in [3.63, 3.8) is 0 Å². The third kappa shape index (κ3) is 1.50. The van der Waals surface area contributed by atoms with E-state index in [1.165, 1.54) is 16.8 Å². The molecule has 1 N–H and O–H groups in total. The van der Waals surface area contributed by atoms with Crippen molar-refractivity contribution in [1.82, 2.24) is 0 Å². The zero-order chi connectivity index (χ0) is 9.26. The van der Waals surface area contributed by atoms with Crippen molar-refractivity contribution >= 4 is 11.8 Å². The Balaban J connectivity index is 2.44. The highest BCUT2D eigenvalue weighted by Gasteiger charge is 2.07. The van der Waals surface area contributed by atoms with Gasteiger partial charge in [-0.3, -0.25) is 0 Å². The van der Waals surface area contributed by atoms with Crippen LogP contribution in [-0.2, 0) is 0 Å². The Morgan fingerprint density at radius 3 is 2.92 bits per heavy atom. The van der Waals surface area contributed by atoms with Gasteiger partial charge < -0.3 is 5.32 Å². The molecule has 1 aromatic rings.